The monoisotopic (exact) mass is 258 g/mol. The van der Waals surface area contributed by atoms with Gasteiger partial charge in [0, 0.05) is 11.6 Å². The number of hydrogen-bond donors (Lipinski definition) is 1. The van der Waals surface area contributed by atoms with Gasteiger partial charge in [-0.2, -0.15) is 12.7 Å². The molecule has 6 heteroatoms. The van der Waals surface area contributed by atoms with E-state index in [1.807, 2.05) is 0 Å². The van der Waals surface area contributed by atoms with Crippen LogP contribution in [0, 0.1) is 12.3 Å². The highest BCUT2D eigenvalue weighted by atomic mass is 35.5. The van der Waals surface area contributed by atoms with Gasteiger partial charge in [-0.15, -0.1) is 6.42 Å². The molecule has 0 aliphatic rings. The van der Waals surface area contributed by atoms with Crippen LogP contribution in [0.1, 0.15) is 5.56 Å². The molecule has 0 bridgehead atoms. The number of hydrogen-bond acceptors (Lipinski definition) is 2. The number of halogens is 1. The standard InChI is InChI=1S/C10H11ClN2O2S/c1-2-7-13(16(12,14)15)8-9-3-5-10(11)6-4-9/h1,3-6H,7-8H2,(H2,12,14,15). The minimum absolute atomic E-state index is 0.0541. The molecule has 0 radical (unpaired) electrons. The number of terminal acetylenes is 1. The predicted molar refractivity (Wildman–Crippen MR) is 63.8 cm³/mol. The summed E-state index contributed by atoms with van der Waals surface area (Å²) in [6, 6.07) is 6.79. The third-order valence-electron chi connectivity index (χ3n) is 1.90. The molecule has 0 fully saturated rings. The van der Waals surface area contributed by atoms with Gasteiger partial charge in [0.2, 0.25) is 0 Å². The van der Waals surface area contributed by atoms with Crippen molar-refractivity contribution in [2.75, 3.05) is 6.54 Å². The maximum absolute atomic E-state index is 11.2. The van der Waals surface area contributed by atoms with Gasteiger partial charge in [0.1, 0.15) is 0 Å². The van der Waals surface area contributed by atoms with Crippen molar-refractivity contribution in [3.05, 3.63) is 34.9 Å². The second-order valence-corrected chi connectivity index (χ2v) is 5.13. The Bertz CT molecular complexity index is 491. The summed E-state index contributed by atoms with van der Waals surface area (Å²) in [6.07, 6.45) is 5.07. The summed E-state index contributed by atoms with van der Waals surface area (Å²) in [5.41, 5.74) is 0.772. The molecule has 0 unspecified atom stereocenters. The quantitative estimate of drug-likeness (QED) is 0.819. The van der Waals surface area contributed by atoms with Gasteiger partial charge >= 0.3 is 0 Å². The average Bonchev–Trinajstić information content (AvgIpc) is 2.19. The van der Waals surface area contributed by atoms with Crippen LogP contribution >= 0.6 is 11.6 Å². The van der Waals surface area contributed by atoms with E-state index in [0.717, 1.165) is 9.87 Å². The highest BCUT2D eigenvalue weighted by Gasteiger charge is 2.16. The SMILES string of the molecule is C#CCN(Cc1ccc(Cl)cc1)S(N)(=O)=O. The maximum Gasteiger partial charge on any atom is 0.278 e. The summed E-state index contributed by atoms with van der Waals surface area (Å²) >= 11 is 5.71. The van der Waals surface area contributed by atoms with Crippen LogP contribution < -0.4 is 5.14 Å². The summed E-state index contributed by atoms with van der Waals surface area (Å²) in [4.78, 5) is 0. The van der Waals surface area contributed by atoms with E-state index in [1.54, 1.807) is 24.3 Å². The molecular formula is C10H11ClN2O2S. The van der Waals surface area contributed by atoms with Crippen LogP contribution in [0.3, 0.4) is 0 Å². The Morgan fingerprint density at radius 1 is 1.38 bits per heavy atom. The molecule has 0 heterocycles. The molecule has 1 aromatic carbocycles. The Hall–Kier alpha value is -1.06. The zero-order valence-electron chi connectivity index (χ0n) is 8.43. The maximum atomic E-state index is 11.2. The molecule has 2 N–H and O–H groups in total. The van der Waals surface area contributed by atoms with Crippen molar-refractivity contribution in [2.24, 2.45) is 5.14 Å². The predicted octanol–water partition coefficient (Wildman–Crippen LogP) is 0.979. The topological polar surface area (TPSA) is 63.4 Å². The lowest BCUT2D eigenvalue weighted by molar-refractivity contribution is 0.444. The van der Waals surface area contributed by atoms with Crippen LogP contribution in [0.15, 0.2) is 24.3 Å². The average molecular weight is 259 g/mol. The summed E-state index contributed by atoms with van der Waals surface area (Å²) in [5, 5.41) is 5.61. The highest BCUT2D eigenvalue weighted by molar-refractivity contribution is 7.86. The van der Waals surface area contributed by atoms with Crippen molar-refractivity contribution in [3.8, 4) is 12.3 Å². The van der Waals surface area contributed by atoms with Crippen molar-refractivity contribution in [3.63, 3.8) is 0 Å². The van der Waals surface area contributed by atoms with E-state index >= 15 is 0 Å². The molecule has 0 aromatic heterocycles. The fourth-order valence-electron chi connectivity index (χ4n) is 1.13. The van der Waals surface area contributed by atoms with Crippen LogP contribution in [0.5, 0.6) is 0 Å². The summed E-state index contributed by atoms with van der Waals surface area (Å²) in [7, 11) is -3.78. The second kappa shape index (κ2) is 5.32. The van der Waals surface area contributed by atoms with Gasteiger partial charge in [0.25, 0.3) is 10.2 Å². The van der Waals surface area contributed by atoms with Crippen LogP contribution in [0.2, 0.25) is 5.02 Å². The lowest BCUT2D eigenvalue weighted by atomic mass is 10.2. The van der Waals surface area contributed by atoms with Gasteiger partial charge in [-0.3, -0.25) is 0 Å². The second-order valence-electron chi connectivity index (χ2n) is 3.14. The van der Waals surface area contributed by atoms with E-state index in [0.29, 0.717) is 5.02 Å². The highest BCUT2D eigenvalue weighted by Crippen LogP contribution is 2.12. The van der Waals surface area contributed by atoms with Gasteiger partial charge in [-0.05, 0) is 17.7 Å². The summed E-state index contributed by atoms with van der Waals surface area (Å²) in [6.45, 7) is 0.0850. The van der Waals surface area contributed by atoms with Gasteiger partial charge < -0.3 is 0 Å². The molecular weight excluding hydrogens is 248 g/mol. The van der Waals surface area contributed by atoms with E-state index in [-0.39, 0.29) is 13.1 Å². The molecule has 0 amide bonds. The van der Waals surface area contributed by atoms with Crippen LogP contribution in [0.25, 0.3) is 0 Å². The normalized spacial score (nSPS) is 11.4. The molecule has 1 rings (SSSR count). The first kappa shape index (κ1) is 13.0. The Balaban J connectivity index is 2.85. The Morgan fingerprint density at radius 3 is 2.38 bits per heavy atom. The van der Waals surface area contributed by atoms with E-state index in [4.69, 9.17) is 23.2 Å². The molecule has 0 spiro atoms. The van der Waals surface area contributed by atoms with Crippen molar-refractivity contribution in [1.29, 1.82) is 0 Å². The molecule has 0 aliphatic heterocycles. The minimum Gasteiger partial charge on any atom is -0.216 e. The van der Waals surface area contributed by atoms with Crippen LogP contribution in [0.4, 0.5) is 0 Å². The molecule has 4 nitrogen and oxygen atoms in total. The van der Waals surface area contributed by atoms with Crippen LogP contribution in [-0.2, 0) is 16.8 Å². The molecule has 0 aliphatic carbocycles. The first-order valence-electron chi connectivity index (χ1n) is 4.39. The van der Waals surface area contributed by atoms with E-state index in [9.17, 15) is 8.42 Å². The van der Waals surface area contributed by atoms with Crippen molar-refractivity contribution in [2.45, 2.75) is 6.54 Å². The lowest BCUT2D eigenvalue weighted by Crippen LogP contribution is -2.36. The number of nitrogens with two attached hydrogens (primary N) is 1. The van der Waals surface area contributed by atoms with E-state index < -0.39 is 10.2 Å². The van der Waals surface area contributed by atoms with Gasteiger partial charge in [-0.1, -0.05) is 29.7 Å². The fraction of sp³-hybridized carbons (Fsp3) is 0.200. The largest absolute Gasteiger partial charge is 0.278 e. The number of nitrogens with zero attached hydrogens (tertiary/aromatic N) is 1. The number of benzene rings is 1. The van der Waals surface area contributed by atoms with E-state index in [2.05, 4.69) is 5.92 Å². The first-order chi connectivity index (χ1) is 7.43. The molecule has 0 atom stereocenters. The summed E-state index contributed by atoms with van der Waals surface area (Å²) < 4.78 is 23.4. The smallest absolute Gasteiger partial charge is 0.216 e. The molecule has 0 saturated heterocycles. The molecule has 86 valence electrons. The molecule has 1 aromatic rings. The lowest BCUT2D eigenvalue weighted by Gasteiger charge is -2.16. The first-order valence-corrected chi connectivity index (χ1v) is 6.27. The zero-order valence-corrected chi connectivity index (χ0v) is 10.0. The Kier molecular flexibility index (Phi) is 4.33. The van der Waals surface area contributed by atoms with Crippen molar-refractivity contribution >= 4 is 21.8 Å². The zero-order chi connectivity index (χ0) is 12.2. The minimum atomic E-state index is -3.78. The Morgan fingerprint density at radius 2 is 1.94 bits per heavy atom. The van der Waals surface area contributed by atoms with E-state index in [1.165, 1.54) is 0 Å². The third kappa shape index (κ3) is 3.83. The molecule has 0 saturated carbocycles. The third-order valence-corrected chi connectivity index (χ3v) is 3.13. The van der Waals surface area contributed by atoms with Crippen LogP contribution in [-0.4, -0.2) is 19.3 Å². The Labute approximate surface area is 100 Å². The van der Waals surface area contributed by atoms with Gasteiger partial charge in [0.15, 0.2) is 0 Å². The summed E-state index contributed by atoms with van der Waals surface area (Å²) in [5.74, 6) is 2.25. The van der Waals surface area contributed by atoms with Gasteiger partial charge in [-0.25, -0.2) is 5.14 Å². The van der Waals surface area contributed by atoms with Crippen molar-refractivity contribution in [1.82, 2.24) is 4.31 Å². The molecule has 16 heavy (non-hydrogen) atoms. The number of rotatable bonds is 4. The van der Waals surface area contributed by atoms with Crippen molar-refractivity contribution < 1.29 is 8.42 Å². The fourth-order valence-corrected chi connectivity index (χ4v) is 1.84. The van der Waals surface area contributed by atoms with Gasteiger partial charge in [0.05, 0.1) is 6.54 Å².